The second-order valence-electron chi connectivity index (χ2n) is 4.90. The quantitative estimate of drug-likeness (QED) is 0.679. The molecule has 1 amide bonds. The summed E-state index contributed by atoms with van der Waals surface area (Å²) in [6.07, 6.45) is 4.91. The summed E-state index contributed by atoms with van der Waals surface area (Å²) in [6.45, 7) is 0.287. The Labute approximate surface area is 144 Å². The molecule has 1 aromatic carbocycles. The van der Waals surface area contributed by atoms with Gasteiger partial charge in [0, 0.05) is 5.03 Å². The van der Waals surface area contributed by atoms with Gasteiger partial charge in [0.25, 0.3) is 5.91 Å². The lowest BCUT2D eigenvalue weighted by Crippen LogP contribution is -2.29. The number of hydrogen-bond acceptors (Lipinski definition) is 3. The van der Waals surface area contributed by atoms with Crippen molar-refractivity contribution in [2.75, 3.05) is 0 Å². The van der Waals surface area contributed by atoms with Gasteiger partial charge < -0.3 is 9.73 Å². The van der Waals surface area contributed by atoms with Crippen molar-refractivity contribution in [2.45, 2.75) is 6.54 Å². The second-order valence-corrected chi connectivity index (χ2v) is 5.72. The van der Waals surface area contributed by atoms with Gasteiger partial charge in [-0.3, -0.25) is 9.69 Å². The van der Waals surface area contributed by atoms with E-state index in [-0.39, 0.29) is 12.5 Å². The minimum Gasteiger partial charge on any atom is -0.467 e. The molecule has 1 N–H and O–H groups in total. The van der Waals surface area contributed by atoms with Crippen LogP contribution in [0.4, 0.5) is 0 Å². The van der Waals surface area contributed by atoms with Gasteiger partial charge >= 0.3 is 0 Å². The van der Waals surface area contributed by atoms with E-state index in [9.17, 15) is 4.79 Å². The molecule has 0 saturated carbocycles. The fourth-order valence-electron chi connectivity index (χ4n) is 2.16. The average molecular weight is 345 g/mol. The molecule has 0 aliphatic carbocycles. The number of carbonyl (C=O) groups is 1. The highest BCUT2D eigenvalue weighted by Gasteiger charge is 2.31. The Morgan fingerprint density at radius 1 is 1.26 bits per heavy atom. The molecule has 3 rings (SSSR count). The minimum atomic E-state index is -0.231. The van der Waals surface area contributed by atoms with Crippen molar-refractivity contribution >= 4 is 40.9 Å². The van der Waals surface area contributed by atoms with E-state index in [4.69, 9.17) is 28.2 Å². The third-order valence-electron chi connectivity index (χ3n) is 3.24. The van der Waals surface area contributed by atoms with Crippen LogP contribution in [0.5, 0.6) is 0 Å². The van der Waals surface area contributed by atoms with Gasteiger partial charge in [0.2, 0.25) is 0 Å². The number of thiocarbonyl (C=S) groups is 1. The van der Waals surface area contributed by atoms with E-state index in [1.54, 1.807) is 30.5 Å². The molecule has 0 radical (unpaired) electrons. The SMILES string of the molecule is O=C1/C(=C\C(Cl)=C\c2ccccc2)NC(=S)N1Cc1ccco1. The van der Waals surface area contributed by atoms with E-state index < -0.39 is 0 Å². The first-order valence-electron chi connectivity index (χ1n) is 6.92. The molecule has 2 aromatic rings. The molecule has 0 bridgehead atoms. The smallest absolute Gasteiger partial charge is 0.276 e. The van der Waals surface area contributed by atoms with Crippen LogP contribution in [0.3, 0.4) is 0 Å². The maximum Gasteiger partial charge on any atom is 0.276 e. The molecule has 1 aromatic heterocycles. The van der Waals surface area contributed by atoms with Gasteiger partial charge in [-0.25, -0.2) is 0 Å². The van der Waals surface area contributed by atoms with Gasteiger partial charge in [0.1, 0.15) is 11.5 Å². The van der Waals surface area contributed by atoms with E-state index in [0.717, 1.165) is 5.56 Å². The summed E-state index contributed by atoms with van der Waals surface area (Å²) in [5, 5.41) is 3.66. The first-order valence-corrected chi connectivity index (χ1v) is 7.71. The summed E-state index contributed by atoms with van der Waals surface area (Å²) in [7, 11) is 0. The van der Waals surface area contributed by atoms with Crippen LogP contribution < -0.4 is 5.32 Å². The number of benzene rings is 1. The zero-order valence-electron chi connectivity index (χ0n) is 12.0. The monoisotopic (exact) mass is 344 g/mol. The topological polar surface area (TPSA) is 45.5 Å². The van der Waals surface area contributed by atoms with Gasteiger partial charge in [0.15, 0.2) is 5.11 Å². The standard InChI is InChI=1S/C17H13ClN2O2S/c18-13(9-12-5-2-1-3-6-12)10-15-16(21)20(17(23)19-15)11-14-7-4-8-22-14/h1-10H,11H2,(H,19,23)/b13-9-,15-10+. The number of amides is 1. The molecule has 1 saturated heterocycles. The molecule has 2 heterocycles. The van der Waals surface area contributed by atoms with Crippen molar-refractivity contribution in [1.29, 1.82) is 0 Å². The first-order chi connectivity index (χ1) is 11.1. The largest absolute Gasteiger partial charge is 0.467 e. The maximum atomic E-state index is 12.4. The first kappa shape index (κ1) is 15.5. The molecule has 1 aliphatic rings. The van der Waals surface area contributed by atoms with Crippen molar-refractivity contribution in [2.24, 2.45) is 0 Å². The minimum absolute atomic E-state index is 0.231. The molecule has 4 nitrogen and oxygen atoms in total. The summed E-state index contributed by atoms with van der Waals surface area (Å²) in [6, 6.07) is 13.2. The molecule has 116 valence electrons. The van der Waals surface area contributed by atoms with Crippen molar-refractivity contribution in [3.63, 3.8) is 0 Å². The van der Waals surface area contributed by atoms with Gasteiger partial charge in [-0.2, -0.15) is 0 Å². The predicted octanol–water partition coefficient (Wildman–Crippen LogP) is 3.66. The van der Waals surface area contributed by atoms with E-state index in [1.165, 1.54) is 4.90 Å². The van der Waals surface area contributed by atoms with Crippen LogP contribution in [0.25, 0.3) is 6.08 Å². The lowest BCUT2D eigenvalue weighted by Gasteiger charge is -2.11. The number of hydrogen-bond donors (Lipinski definition) is 1. The Morgan fingerprint density at radius 3 is 2.74 bits per heavy atom. The second kappa shape index (κ2) is 6.81. The number of nitrogens with one attached hydrogen (secondary N) is 1. The third-order valence-corrected chi connectivity index (χ3v) is 3.78. The van der Waals surface area contributed by atoms with E-state index in [1.807, 2.05) is 30.3 Å². The molecule has 0 atom stereocenters. The highest BCUT2D eigenvalue weighted by molar-refractivity contribution is 7.80. The maximum absolute atomic E-state index is 12.4. The summed E-state index contributed by atoms with van der Waals surface area (Å²) in [5.41, 5.74) is 1.30. The van der Waals surface area contributed by atoms with Crippen LogP contribution in [-0.4, -0.2) is 15.9 Å². The van der Waals surface area contributed by atoms with Crippen LogP contribution in [-0.2, 0) is 11.3 Å². The number of rotatable bonds is 4. The fraction of sp³-hybridized carbons (Fsp3) is 0.0588. The molecule has 0 spiro atoms. The van der Waals surface area contributed by atoms with Crippen LogP contribution in [0.1, 0.15) is 11.3 Å². The van der Waals surface area contributed by atoms with Crippen LogP contribution >= 0.6 is 23.8 Å². The predicted molar refractivity (Wildman–Crippen MR) is 93.3 cm³/mol. The van der Waals surface area contributed by atoms with Gasteiger partial charge in [-0.15, -0.1) is 0 Å². The number of nitrogens with zero attached hydrogens (tertiary/aromatic N) is 1. The van der Waals surface area contributed by atoms with Gasteiger partial charge in [-0.1, -0.05) is 41.9 Å². The molecular formula is C17H13ClN2O2S. The Kier molecular flexibility index (Phi) is 4.60. The summed E-state index contributed by atoms with van der Waals surface area (Å²) in [5.74, 6) is 0.431. The Bertz CT molecular complexity index is 782. The zero-order valence-corrected chi connectivity index (χ0v) is 13.6. The molecule has 1 fully saturated rings. The molecule has 1 aliphatic heterocycles. The summed E-state index contributed by atoms with van der Waals surface area (Å²) in [4.78, 5) is 13.8. The highest BCUT2D eigenvalue weighted by Crippen LogP contribution is 2.19. The zero-order chi connectivity index (χ0) is 16.2. The normalized spacial score (nSPS) is 17.0. The summed E-state index contributed by atoms with van der Waals surface area (Å²) < 4.78 is 5.25. The van der Waals surface area contributed by atoms with Crippen LogP contribution in [0.2, 0.25) is 0 Å². The van der Waals surface area contributed by atoms with Gasteiger partial charge in [0.05, 0.1) is 12.8 Å². The van der Waals surface area contributed by atoms with E-state index in [0.29, 0.717) is 21.6 Å². The molecule has 23 heavy (non-hydrogen) atoms. The lowest BCUT2D eigenvalue weighted by molar-refractivity contribution is -0.123. The molecular weight excluding hydrogens is 332 g/mol. The Balaban J connectivity index is 1.77. The highest BCUT2D eigenvalue weighted by atomic mass is 35.5. The van der Waals surface area contributed by atoms with Gasteiger partial charge in [-0.05, 0) is 42.1 Å². The van der Waals surface area contributed by atoms with Crippen LogP contribution in [0.15, 0.2) is 70.0 Å². The van der Waals surface area contributed by atoms with Crippen molar-refractivity contribution in [1.82, 2.24) is 10.2 Å². The Hall–Kier alpha value is -2.37. The Morgan fingerprint density at radius 2 is 2.04 bits per heavy atom. The molecule has 6 heteroatoms. The summed E-state index contributed by atoms with van der Waals surface area (Å²) >= 11 is 11.4. The van der Waals surface area contributed by atoms with E-state index in [2.05, 4.69) is 5.32 Å². The number of allylic oxidation sites excluding steroid dienone is 2. The third kappa shape index (κ3) is 3.70. The number of furan rings is 1. The van der Waals surface area contributed by atoms with Crippen LogP contribution in [0, 0.1) is 0 Å². The fourth-order valence-corrected chi connectivity index (χ4v) is 2.65. The molecule has 0 unspecified atom stereocenters. The van der Waals surface area contributed by atoms with Crippen molar-refractivity contribution < 1.29 is 9.21 Å². The average Bonchev–Trinajstić information content (AvgIpc) is 3.13. The number of halogens is 1. The lowest BCUT2D eigenvalue weighted by atomic mass is 10.2. The van der Waals surface area contributed by atoms with Crippen molar-refractivity contribution in [3.05, 3.63) is 76.9 Å². The van der Waals surface area contributed by atoms with Crippen molar-refractivity contribution in [3.8, 4) is 0 Å². The number of carbonyl (C=O) groups excluding carboxylic acids is 1. The van der Waals surface area contributed by atoms with E-state index >= 15 is 0 Å².